The first-order valence-electron chi connectivity index (χ1n) is 10.5. The van der Waals surface area contributed by atoms with Gasteiger partial charge in [0.25, 0.3) is 5.91 Å². The minimum absolute atomic E-state index is 0.112. The lowest BCUT2D eigenvalue weighted by molar-refractivity contribution is -0.119. The number of halogens is 2. The molecule has 2 atom stereocenters. The molecule has 1 amide bonds. The lowest BCUT2D eigenvalue weighted by atomic mass is 9.81. The Balaban J connectivity index is 1.80. The number of thiol groups is 1. The van der Waals surface area contributed by atoms with E-state index in [1.54, 1.807) is 18.2 Å². The Bertz CT molecular complexity index is 1120. The van der Waals surface area contributed by atoms with Crippen molar-refractivity contribution in [3.05, 3.63) is 70.0 Å². The fourth-order valence-corrected chi connectivity index (χ4v) is 4.30. The summed E-state index contributed by atoms with van der Waals surface area (Å²) in [4.78, 5) is 24.8. The van der Waals surface area contributed by atoms with Crippen LogP contribution in [0.5, 0.6) is 0 Å². The van der Waals surface area contributed by atoms with Crippen LogP contribution in [-0.4, -0.2) is 35.6 Å². The molecule has 0 saturated carbocycles. The van der Waals surface area contributed by atoms with E-state index in [0.717, 1.165) is 18.9 Å². The third-order valence-corrected chi connectivity index (χ3v) is 6.06. The molecule has 1 aromatic carbocycles. The van der Waals surface area contributed by atoms with E-state index in [4.69, 9.17) is 4.74 Å². The average molecular weight is 460 g/mol. The maximum atomic E-state index is 14.3. The predicted molar refractivity (Wildman–Crippen MR) is 118 cm³/mol. The van der Waals surface area contributed by atoms with Gasteiger partial charge in [-0.1, -0.05) is 19.4 Å². The highest BCUT2D eigenvalue weighted by atomic mass is 32.1. The van der Waals surface area contributed by atoms with Gasteiger partial charge in [0.2, 0.25) is 0 Å². The number of hydrogen-bond acceptors (Lipinski definition) is 5. The molecule has 0 bridgehead atoms. The fraction of sp³-hybridized carbons (Fsp3) is 0.333. The third kappa shape index (κ3) is 4.17. The van der Waals surface area contributed by atoms with Crippen molar-refractivity contribution in [3.63, 3.8) is 0 Å². The van der Waals surface area contributed by atoms with Crippen LogP contribution in [0, 0.1) is 0 Å². The highest BCUT2D eigenvalue weighted by molar-refractivity contribution is 7.80. The van der Waals surface area contributed by atoms with Gasteiger partial charge in [-0.15, -0.1) is 12.6 Å². The van der Waals surface area contributed by atoms with Crippen molar-refractivity contribution < 1.29 is 28.2 Å². The van der Waals surface area contributed by atoms with Crippen LogP contribution in [-0.2, 0) is 9.53 Å². The van der Waals surface area contributed by atoms with E-state index in [9.17, 15) is 23.5 Å². The second-order valence-corrected chi connectivity index (χ2v) is 8.45. The number of alkyl halides is 1. The molecule has 3 aliphatic rings. The van der Waals surface area contributed by atoms with Gasteiger partial charge in [-0.25, -0.2) is 8.78 Å². The van der Waals surface area contributed by atoms with E-state index in [0.29, 0.717) is 45.0 Å². The number of aliphatic hydroxyl groups is 1. The zero-order chi connectivity index (χ0) is 23.0. The lowest BCUT2D eigenvalue weighted by Crippen LogP contribution is -2.27. The van der Waals surface area contributed by atoms with E-state index < -0.39 is 23.9 Å². The molecule has 0 fully saturated rings. The molecular formula is C24H23F2NO4S. The molecule has 168 valence electrons. The number of unbranched alkanes of at least 4 members (excludes halogenated alkanes) is 1. The quantitative estimate of drug-likeness (QED) is 0.452. The summed E-state index contributed by atoms with van der Waals surface area (Å²) in [6.07, 6.45) is 0.680. The van der Waals surface area contributed by atoms with Crippen LogP contribution in [0.15, 0.2) is 63.7 Å². The Morgan fingerprint density at radius 2 is 2.09 bits per heavy atom. The molecule has 0 spiro atoms. The Morgan fingerprint density at radius 3 is 2.81 bits per heavy atom. The summed E-state index contributed by atoms with van der Waals surface area (Å²) < 4.78 is 34.4. The maximum Gasteiger partial charge on any atom is 0.251 e. The molecule has 1 heterocycles. The molecule has 4 rings (SSSR count). The molecule has 1 aliphatic heterocycles. The van der Waals surface area contributed by atoms with E-state index in [1.165, 1.54) is 6.08 Å². The minimum Gasteiger partial charge on any atom is -0.461 e. The first-order chi connectivity index (χ1) is 15.3. The largest absolute Gasteiger partial charge is 0.461 e. The molecule has 0 radical (unpaired) electrons. The first kappa shape index (κ1) is 22.5. The number of rotatable bonds is 5. The fourth-order valence-electron chi connectivity index (χ4n) is 3.98. The van der Waals surface area contributed by atoms with Gasteiger partial charge in [0.15, 0.2) is 12.0 Å². The van der Waals surface area contributed by atoms with Crippen LogP contribution in [0.2, 0.25) is 0 Å². The predicted octanol–water partition coefficient (Wildman–Crippen LogP) is 4.36. The number of carbonyl (C=O) groups is 2. The molecule has 1 aromatic rings. The van der Waals surface area contributed by atoms with E-state index in [-0.39, 0.29) is 24.5 Å². The second-order valence-electron chi connectivity index (χ2n) is 7.97. The average Bonchev–Trinajstić information content (AvgIpc) is 2.75. The van der Waals surface area contributed by atoms with E-state index >= 15 is 0 Å². The molecular weight excluding hydrogens is 436 g/mol. The van der Waals surface area contributed by atoms with Gasteiger partial charge in [-0.05, 0) is 30.2 Å². The summed E-state index contributed by atoms with van der Waals surface area (Å²) in [6, 6.07) is 4.90. The highest BCUT2D eigenvalue weighted by Crippen LogP contribution is 2.47. The molecule has 5 nitrogen and oxygen atoms in total. The number of amides is 1. The topological polar surface area (TPSA) is 75.6 Å². The van der Waals surface area contributed by atoms with Crippen LogP contribution in [0.25, 0.3) is 5.57 Å². The van der Waals surface area contributed by atoms with Gasteiger partial charge in [0, 0.05) is 52.6 Å². The van der Waals surface area contributed by atoms with Crippen LogP contribution in [0.4, 0.5) is 8.78 Å². The van der Waals surface area contributed by atoms with Crippen molar-refractivity contribution in [3.8, 4) is 0 Å². The van der Waals surface area contributed by atoms with Gasteiger partial charge >= 0.3 is 0 Å². The number of ether oxygens (including phenoxy) is 1. The van der Waals surface area contributed by atoms with Gasteiger partial charge < -0.3 is 15.2 Å². The molecule has 8 heteroatoms. The number of allylic oxidation sites excluding steroid dienone is 5. The molecule has 2 unspecified atom stereocenters. The smallest absolute Gasteiger partial charge is 0.251 e. The minimum atomic E-state index is -1.73. The Kier molecular flexibility index (Phi) is 6.35. The van der Waals surface area contributed by atoms with E-state index in [2.05, 4.69) is 17.9 Å². The molecule has 2 N–H and O–H groups in total. The lowest BCUT2D eigenvalue weighted by Gasteiger charge is -2.33. The summed E-state index contributed by atoms with van der Waals surface area (Å²) in [5, 5.41) is 12.8. The van der Waals surface area contributed by atoms with Crippen molar-refractivity contribution in [1.82, 2.24) is 5.32 Å². The van der Waals surface area contributed by atoms with Crippen molar-refractivity contribution in [1.29, 1.82) is 0 Å². The first-order valence-corrected chi connectivity index (χ1v) is 11.0. The van der Waals surface area contributed by atoms with Gasteiger partial charge in [0.1, 0.15) is 23.4 Å². The van der Waals surface area contributed by atoms with Crippen LogP contribution in [0.3, 0.4) is 0 Å². The molecule has 0 aromatic heterocycles. The number of nitrogens with one attached hydrogen (secondary N) is 1. The van der Waals surface area contributed by atoms with Crippen molar-refractivity contribution in [2.75, 3.05) is 6.54 Å². The Morgan fingerprint density at radius 1 is 1.31 bits per heavy atom. The van der Waals surface area contributed by atoms with Crippen molar-refractivity contribution in [2.24, 2.45) is 0 Å². The second kappa shape index (κ2) is 9.03. The molecule has 2 aliphatic carbocycles. The Hall–Kier alpha value is -2.71. The number of ketones is 1. The number of carbonyl (C=O) groups excluding carboxylic acids is 2. The summed E-state index contributed by atoms with van der Waals surface area (Å²) >= 11 is 4.55. The zero-order valence-corrected chi connectivity index (χ0v) is 18.3. The number of aliphatic hydroxyl groups excluding tert-OH is 1. The molecule has 0 saturated heterocycles. The van der Waals surface area contributed by atoms with Gasteiger partial charge in [-0.3, -0.25) is 9.59 Å². The monoisotopic (exact) mass is 459 g/mol. The summed E-state index contributed by atoms with van der Waals surface area (Å²) in [5.41, 5.74) is 2.25. The Labute approximate surface area is 189 Å². The van der Waals surface area contributed by atoms with Gasteiger partial charge in [0.05, 0.1) is 0 Å². The van der Waals surface area contributed by atoms with E-state index in [1.807, 2.05) is 6.92 Å². The van der Waals surface area contributed by atoms with Crippen LogP contribution >= 0.6 is 12.6 Å². The SMILES string of the molecule is CCCCNC(=O)c1ccc(C2=C3CC(F)C(=O)C=C3OC3=C2C=C(F)C(O)C3)c(S)c1. The summed E-state index contributed by atoms with van der Waals surface area (Å²) in [6.45, 7) is 2.60. The molecule has 32 heavy (non-hydrogen) atoms. The highest BCUT2D eigenvalue weighted by Gasteiger charge is 2.37. The summed E-state index contributed by atoms with van der Waals surface area (Å²) in [5.74, 6) is -1.17. The van der Waals surface area contributed by atoms with Crippen LogP contribution in [0.1, 0.15) is 48.5 Å². The third-order valence-electron chi connectivity index (χ3n) is 5.69. The normalized spacial score (nSPS) is 22.6. The zero-order valence-electron chi connectivity index (χ0n) is 17.5. The number of fused-ring (bicyclic) bond motifs is 1. The number of hydrogen-bond donors (Lipinski definition) is 3. The van der Waals surface area contributed by atoms with Crippen LogP contribution < -0.4 is 5.32 Å². The maximum absolute atomic E-state index is 14.3. The van der Waals surface area contributed by atoms with Crippen molar-refractivity contribution in [2.45, 2.75) is 49.8 Å². The van der Waals surface area contributed by atoms with Gasteiger partial charge in [-0.2, -0.15) is 0 Å². The number of benzene rings is 1. The van der Waals surface area contributed by atoms with Crippen molar-refractivity contribution >= 4 is 29.9 Å². The standard InChI is InChI=1S/C24H23F2NO4S/c1-2-3-6-27-24(30)12-4-5-13(22(32)7-12)23-14-8-16(25)18(28)10-20(14)31-21-11-19(29)17(26)9-15(21)23/h4-5,7-8,11,17-18,28,32H,2-3,6,9-10H2,1H3,(H,27,30). The summed E-state index contributed by atoms with van der Waals surface area (Å²) in [7, 11) is 0.